The molecule has 0 N–H and O–H groups in total. The minimum absolute atomic E-state index is 0.597. The van der Waals surface area contributed by atoms with Gasteiger partial charge in [-0.1, -0.05) is 24.6 Å². The number of fused-ring (bicyclic) bond motifs is 1. The van der Waals surface area contributed by atoms with E-state index in [0.29, 0.717) is 5.92 Å². The zero-order chi connectivity index (χ0) is 8.55. The molecule has 1 aromatic carbocycles. The molecule has 1 heteroatoms. The number of nitrogens with zero attached hydrogens (tertiary/aromatic N) is 1. The maximum Gasteiger partial charge on any atom is 0.0658 e. The molecular weight excluding hydrogens is 146 g/mol. The fourth-order valence-electron chi connectivity index (χ4n) is 1.61. The van der Waals surface area contributed by atoms with Crippen molar-refractivity contribution in [1.82, 2.24) is 0 Å². The van der Waals surface area contributed by atoms with Gasteiger partial charge in [-0.25, -0.2) is 0 Å². The lowest BCUT2D eigenvalue weighted by atomic mass is 9.96. The molecule has 0 fully saturated rings. The summed E-state index contributed by atoms with van der Waals surface area (Å²) in [6, 6.07) is 6.46. The van der Waals surface area contributed by atoms with Crippen molar-refractivity contribution < 1.29 is 0 Å². The molecule has 0 radical (unpaired) electrons. The molecule has 62 valence electrons. The van der Waals surface area contributed by atoms with Gasteiger partial charge in [0, 0.05) is 6.21 Å². The average molecular weight is 159 g/mol. The van der Waals surface area contributed by atoms with Gasteiger partial charge in [-0.3, -0.25) is 4.99 Å². The molecule has 1 atom stereocenters. The summed E-state index contributed by atoms with van der Waals surface area (Å²) in [6.07, 6.45) is 3.18. The van der Waals surface area contributed by atoms with Crippen molar-refractivity contribution in [3.05, 3.63) is 29.3 Å². The van der Waals surface area contributed by atoms with E-state index in [1.807, 2.05) is 6.21 Å². The summed E-state index contributed by atoms with van der Waals surface area (Å²) >= 11 is 0. The average Bonchev–Trinajstić information content (AvgIpc) is 2.03. The lowest BCUT2D eigenvalue weighted by Crippen LogP contribution is -2.05. The molecule has 0 saturated heterocycles. The van der Waals surface area contributed by atoms with E-state index in [-0.39, 0.29) is 0 Å². The van der Waals surface area contributed by atoms with Gasteiger partial charge < -0.3 is 0 Å². The third-order valence-corrected chi connectivity index (χ3v) is 2.24. The Kier molecular flexibility index (Phi) is 1.72. The monoisotopic (exact) mass is 159 g/mol. The Morgan fingerprint density at radius 1 is 1.42 bits per heavy atom. The second-order valence-electron chi connectivity index (χ2n) is 3.59. The number of aliphatic imine (C=N–C) groups is 1. The standard InChI is InChI=1S/C11H13N/c1-8-3-4-11-10(5-8)6-9(2)7-12-11/h3-5,7,9H,6H2,1-2H3. The van der Waals surface area contributed by atoms with E-state index >= 15 is 0 Å². The van der Waals surface area contributed by atoms with Crippen molar-refractivity contribution in [2.75, 3.05) is 0 Å². The van der Waals surface area contributed by atoms with Crippen LogP contribution in [0.1, 0.15) is 18.1 Å². The molecule has 12 heavy (non-hydrogen) atoms. The molecule has 0 amide bonds. The summed E-state index contributed by atoms with van der Waals surface area (Å²) in [7, 11) is 0. The molecule has 0 aliphatic carbocycles. The Bertz CT molecular complexity index is 326. The predicted octanol–water partition coefficient (Wildman–Crippen LogP) is 2.89. The van der Waals surface area contributed by atoms with Crippen LogP contribution >= 0.6 is 0 Å². The van der Waals surface area contributed by atoms with E-state index in [1.165, 1.54) is 11.1 Å². The van der Waals surface area contributed by atoms with Crippen LogP contribution in [-0.2, 0) is 6.42 Å². The summed E-state index contributed by atoms with van der Waals surface area (Å²) < 4.78 is 0. The Hall–Kier alpha value is -1.11. The predicted molar refractivity (Wildman–Crippen MR) is 52.2 cm³/mol. The Morgan fingerprint density at radius 3 is 3.08 bits per heavy atom. The van der Waals surface area contributed by atoms with Crippen molar-refractivity contribution >= 4 is 11.9 Å². The van der Waals surface area contributed by atoms with Gasteiger partial charge in [-0.15, -0.1) is 0 Å². The maximum atomic E-state index is 4.39. The molecule has 1 nitrogen and oxygen atoms in total. The largest absolute Gasteiger partial charge is 0.261 e. The molecule has 2 rings (SSSR count). The molecule has 0 aromatic heterocycles. The molecule has 0 bridgehead atoms. The Labute approximate surface area is 73.1 Å². The number of rotatable bonds is 0. The molecule has 0 saturated carbocycles. The van der Waals surface area contributed by atoms with Gasteiger partial charge in [0.05, 0.1) is 5.69 Å². The lowest BCUT2D eigenvalue weighted by molar-refractivity contribution is 0.770. The van der Waals surface area contributed by atoms with Crippen LogP contribution < -0.4 is 0 Å². The van der Waals surface area contributed by atoms with Crippen LogP contribution in [0, 0.1) is 12.8 Å². The number of hydrogen-bond acceptors (Lipinski definition) is 1. The van der Waals surface area contributed by atoms with E-state index in [2.05, 4.69) is 37.0 Å². The Morgan fingerprint density at radius 2 is 2.25 bits per heavy atom. The van der Waals surface area contributed by atoms with Gasteiger partial charge >= 0.3 is 0 Å². The van der Waals surface area contributed by atoms with Crippen molar-refractivity contribution in [3.8, 4) is 0 Å². The van der Waals surface area contributed by atoms with Crippen molar-refractivity contribution in [2.45, 2.75) is 20.3 Å². The number of aryl methyl sites for hydroxylation is 1. The molecule has 1 heterocycles. The highest BCUT2D eigenvalue weighted by atomic mass is 14.7. The first kappa shape index (κ1) is 7.53. The smallest absolute Gasteiger partial charge is 0.0658 e. The highest BCUT2D eigenvalue weighted by molar-refractivity contribution is 5.70. The highest BCUT2D eigenvalue weighted by Gasteiger charge is 2.10. The topological polar surface area (TPSA) is 12.4 Å². The van der Waals surface area contributed by atoms with Crippen LogP contribution in [0.5, 0.6) is 0 Å². The quantitative estimate of drug-likeness (QED) is 0.552. The van der Waals surface area contributed by atoms with Gasteiger partial charge in [-0.05, 0) is 30.9 Å². The summed E-state index contributed by atoms with van der Waals surface area (Å²) in [6.45, 7) is 4.33. The van der Waals surface area contributed by atoms with E-state index in [1.54, 1.807) is 0 Å². The third kappa shape index (κ3) is 1.27. The molecule has 0 spiro atoms. The summed E-state index contributed by atoms with van der Waals surface area (Å²) in [4.78, 5) is 4.39. The first-order chi connectivity index (χ1) is 5.75. The van der Waals surface area contributed by atoms with Crippen LogP contribution in [0.25, 0.3) is 0 Å². The summed E-state index contributed by atoms with van der Waals surface area (Å²) in [5.74, 6) is 0.597. The van der Waals surface area contributed by atoms with Crippen LogP contribution in [0.4, 0.5) is 5.69 Å². The van der Waals surface area contributed by atoms with E-state index in [4.69, 9.17) is 0 Å². The second kappa shape index (κ2) is 2.74. The molecule has 1 unspecified atom stereocenters. The SMILES string of the molecule is Cc1ccc2c(c1)CC(C)C=N2. The fourth-order valence-corrected chi connectivity index (χ4v) is 1.61. The van der Waals surface area contributed by atoms with Gasteiger partial charge in [0.1, 0.15) is 0 Å². The second-order valence-corrected chi connectivity index (χ2v) is 3.59. The van der Waals surface area contributed by atoms with Crippen molar-refractivity contribution in [3.63, 3.8) is 0 Å². The Balaban J connectivity index is 2.47. The lowest BCUT2D eigenvalue weighted by Gasteiger charge is -2.14. The molecule has 1 aliphatic rings. The first-order valence-corrected chi connectivity index (χ1v) is 4.39. The van der Waals surface area contributed by atoms with Crippen LogP contribution in [0.15, 0.2) is 23.2 Å². The van der Waals surface area contributed by atoms with Gasteiger partial charge in [-0.2, -0.15) is 0 Å². The molecular formula is C11H13N. The summed E-state index contributed by atoms with van der Waals surface area (Å²) in [5, 5.41) is 0. The fraction of sp³-hybridized carbons (Fsp3) is 0.364. The molecule has 1 aliphatic heterocycles. The van der Waals surface area contributed by atoms with Crippen molar-refractivity contribution in [2.24, 2.45) is 10.9 Å². The number of benzene rings is 1. The number of hydrogen-bond donors (Lipinski definition) is 0. The molecule has 1 aromatic rings. The first-order valence-electron chi connectivity index (χ1n) is 4.39. The van der Waals surface area contributed by atoms with E-state index < -0.39 is 0 Å². The van der Waals surface area contributed by atoms with Crippen LogP contribution in [0.2, 0.25) is 0 Å². The summed E-state index contributed by atoms with van der Waals surface area (Å²) in [5.41, 5.74) is 3.88. The minimum atomic E-state index is 0.597. The third-order valence-electron chi connectivity index (χ3n) is 2.24. The zero-order valence-electron chi connectivity index (χ0n) is 7.54. The maximum absolute atomic E-state index is 4.39. The van der Waals surface area contributed by atoms with Crippen LogP contribution in [0.3, 0.4) is 0 Å². The zero-order valence-corrected chi connectivity index (χ0v) is 7.54. The highest BCUT2D eigenvalue weighted by Crippen LogP contribution is 2.26. The van der Waals surface area contributed by atoms with Gasteiger partial charge in [0.2, 0.25) is 0 Å². The van der Waals surface area contributed by atoms with Crippen LogP contribution in [-0.4, -0.2) is 6.21 Å². The van der Waals surface area contributed by atoms with Gasteiger partial charge in [0.25, 0.3) is 0 Å². The van der Waals surface area contributed by atoms with Gasteiger partial charge in [0.15, 0.2) is 0 Å². The minimum Gasteiger partial charge on any atom is -0.261 e. The van der Waals surface area contributed by atoms with E-state index in [0.717, 1.165) is 12.1 Å². The van der Waals surface area contributed by atoms with E-state index in [9.17, 15) is 0 Å². The normalized spacial score (nSPS) is 20.7. The van der Waals surface area contributed by atoms with Crippen molar-refractivity contribution in [1.29, 1.82) is 0 Å².